The van der Waals surface area contributed by atoms with E-state index in [0.29, 0.717) is 18.9 Å². The Balaban J connectivity index is 1.84. The van der Waals surface area contributed by atoms with Gasteiger partial charge in [0.15, 0.2) is 0 Å². The number of amides is 1. The molecule has 0 saturated carbocycles. The molecule has 1 unspecified atom stereocenters. The Morgan fingerprint density at radius 1 is 1.53 bits per heavy atom. The van der Waals surface area contributed by atoms with Gasteiger partial charge in [-0.3, -0.25) is 9.78 Å². The summed E-state index contributed by atoms with van der Waals surface area (Å²) < 4.78 is 5.30. The first kappa shape index (κ1) is 14.0. The maximum atomic E-state index is 12.1. The summed E-state index contributed by atoms with van der Waals surface area (Å²) >= 11 is 0. The fourth-order valence-corrected chi connectivity index (χ4v) is 2.24. The minimum Gasteiger partial charge on any atom is -0.381 e. The van der Waals surface area contributed by atoms with Crippen LogP contribution in [0.25, 0.3) is 0 Å². The molecule has 104 valence electrons. The van der Waals surface area contributed by atoms with E-state index in [0.717, 1.165) is 31.7 Å². The van der Waals surface area contributed by atoms with Crippen molar-refractivity contribution in [3.05, 3.63) is 29.6 Å². The average Bonchev–Trinajstić information content (AvgIpc) is 2.92. The second-order valence-electron chi connectivity index (χ2n) is 5.19. The van der Waals surface area contributed by atoms with E-state index in [4.69, 9.17) is 4.74 Å². The molecule has 4 nitrogen and oxygen atoms in total. The predicted molar refractivity (Wildman–Crippen MR) is 73.6 cm³/mol. The highest BCUT2D eigenvalue weighted by molar-refractivity contribution is 5.76. The van der Waals surface area contributed by atoms with Crippen LogP contribution in [0.2, 0.25) is 0 Å². The Labute approximate surface area is 114 Å². The Kier molecular flexibility index (Phi) is 4.91. The number of hydrogen-bond acceptors (Lipinski definition) is 3. The van der Waals surface area contributed by atoms with Gasteiger partial charge in [-0.1, -0.05) is 13.0 Å². The van der Waals surface area contributed by atoms with Gasteiger partial charge in [0.25, 0.3) is 0 Å². The lowest BCUT2D eigenvalue weighted by molar-refractivity contribution is -0.131. The van der Waals surface area contributed by atoms with E-state index >= 15 is 0 Å². The number of aromatic nitrogens is 1. The molecule has 19 heavy (non-hydrogen) atoms. The first-order valence-corrected chi connectivity index (χ1v) is 6.94. The van der Waals surface area contributed by atoms with Gasteiger partial charge in [0.2, 0.25) is 5.91 Å². The monoisotopic (exact) mass is 262 g/mol. The first-order chi connectivity index (χ1) is 9.19. The number of aryl methyl sites for hydroxylation is 1. The van der Waals surface area contributed by atoms with Crippen molar-refractivity contribution in [2.75, 3.05) is 20.3 Å². The summed E-state index contributed by atoms with van der Waals surface area (Å²) in [6.07, 6.45) is 4.47. The van der Waals surface area contributed by atoms with E-state index in [1.54, 1.807) is 4.90 Å². The fraction of sp³-hybridized carbons (Fsp3) is 0.600. The number of rotatable bonds is 5. The van der Waals surface area contributed by atoms with Crippen LogP contribution in [0.3, 0.4) is 0 Å². The highest BCUT2D eigenvalue weighted by Crippen LogP contribution is 2.17. The number of ether oxygens (including phenoxy) is 1. The van der Waals surface area contributed by atoms with Crippen LogP contribution in [0, 0.1) is 5.92 Å². The molecule has 0 bridgehead atoms. The van der Waals surface area contributed by atoms with Crippen LogP contribution < -0.4 is 0 Å². The quantitative estimate of drug-likeness (QED) is 0.815. The summed E-state index contributed by atoms with van der Waals surface area (Å²) in [7, 11) is 1.84. The lowest BCUT2D eigenvalue weighted by atomic mass is 10.0. The van der Waals surface area contributed by atoms with Crippen molar-refractivity contribution < 1.29 is 9.53 Å². The van der Waals surface area contributed by atoms with Crippen LogP contribution >= 0.6 is 0 Å². The number of carbonyl (C=O) groups excluding carboxylic acids is 1. The third kappa shape index (κ3) is 4.03. The topological polar surface area (TPSA) is 42.4 Å². The number of nitrogens with zero attached hydrogens (tertiary/aromatic N) is 2. The van der Waals surface area contributed by atoms with Gasteiger partial charge in [0.05, 0.1) is 12.2 Å². The van der Waals surface area contributed by atoms with Gasteiger partial charge >= 0.3 is 0 Å². The first-order valence-electron chi connectivity index (χ1n) is 6.94. The molecular weight excluding hydrogens is 240 g/mol. The summed E-state index contributed by atoms with van der Waals surface area (Å²) in [5.41, 5.74) is 2.16. The van der Waals surface area contributed by atoms with Crippen LogP contribution in [0.15, 0.2) is 18.3 Å². The Bertz CT molecular complexity index is 411. The highest BCUT2D eigenvalue weighted by Gasteiger charge is 2.21. The average molecular weight is 262 g/mol. The summed E-state index contributed by atoms with van der Waals surface area (Å²) in [5, 5.41) is 0. The van der Waals surface area contributed by atoms with Gasteiger partial charge in [-0.15, -0.1) is 0 Å². The van der Waals surface area contributed by atoms with Crippen LogP contribution in [-0.4, -0.2) is 36.1 Å². The molecule has 1 aliphatic heterocycles. The van der Waals surface area contributed by atoms with Crippen molar-refractivity contribution in [1.29, 1.82) is 0 Å². The number of pyridine rings is 1. The zero-order chi connectivity index (χ0) is 13.7. The van der Waals surface area contributed by atoms with Crippen molar-refractivity contribution in [3.63, 3.8) is 0 Å². The number of hydrogen-bond donors (Lipinski definition) is 0. The molecule has 1 atom stereocenters. The van der Waals surface area contributed by atoms with Gasteiger partial charge in [0, 0.05) is 32.9 Å². The van der Waals surface area contributed by atoms with Crippen molar-refractivity contribution in [3.8, 4) is 0 Å². The molecule has 2 heterocycles. The van der Waals surface area contributed by atoms with Crippen molar-refractivity contribution in [1.82, 2.24) is 9.88 Å². The molecule has 1 saturated heterocycles. The van der Waals surface area contributed by atoms with Gasteiger partial charge < -0.3 is 9.64 Å². The third-order valence-corrected chi connectivity index (χ3v) is 3.61. The Hall–Kier alpha value is -1.42. The summed E-state index contributed by atoms with van der Waals surface area (Å²) in [6.45, 7) is 4.21. The normalized spacial score (nSPS) is 18.5. The molecule has 1 amide bonds. The minimum atomic E-state index is 0.178. The second-order valence-corrected chi connectivity index (χ2v) is 5.19. The van der Waals surface area contributed by atoms with E-state index in [-0.39, 0.29) is 5.91 Å². The zero-order valence-corrected chi connectivity index (χ0v) is 11.8. The predicted octanol–water partition coefficient (Wildman–Crippen LogP) is 2.03. The molecule has 0 aromatic carbocycles. The molecule has 2 rings (SSSR count). The van der Waals surface area contributed by atoms with Gasteiger partial charge in [0.1, 0.15) is 0 Å². The molecule has 0 N–H and O–H groups in total. The van der Waals surface area contributed by atoms with Gasteiger partial charge in [-0.25, -0.2) is 0 Å². The SMILES string of the molecule is CCc1ccc(CN(C)C(=O)CC2CCOC2)nc1. The number of carbonyl (C=O) groups is 1. The van der Waals surface area contributed by atoms with E-state index < -0.39 is 0 Å². The smallest absolute Gasteiger partial charge is 0.223 e. The summed E-state index contributed by atoms with van der Waals surface area (Å²) in [5.74, 6) is 0.572. The maximum absolute atomic E-state index is 12.1. The van der Waals surface area contributed by atoms with Crippen LogP contribution in [0.4, 0.5) is 0 Å². The van der Waals surface area contributed by atoms with E-state index in [2.05, 4.69) is 18.0 Å². The lowest BCUT2D eigenvalue weighted by Crippen LogP contribution is -2.28. The molecule has 0 radical (unpaired) electrons. The van der Waals surface area contributed by atoms with E-state index in [1.165, 1.54) is 5.56 Å². The molecular formula is C15H22N2O2. The fourth-order valence-electron chi connectivity index (χ4n) is 2.24. The summed E-state index contributed by atoms with van der Waals surface area (Å²) in [4.78, 5) is 18.2. The van der Waals surface area contributed by atoms with Gasteiger partial charge in [-0.05, 0) is 30.4 Å². The molecule has 1 fully saturated rings. The molecule has 1 aromatic heterocycles. The molecule has 4 heteroatoms. The van der Waals surface area contributed by atoms with Crippen molar-refractivity contribution in [2.24, 2.45) is 5.92 Å². The molecule has 0 aliphatic carbocycles. The Morgan fingerprint density at radius 3 is 2.95 bits per heavy atom. The van der Waals surface area contributed by atoms with Crippen molar-refractivity contribution >= 4 is 5.91 Å². The third-order valence-electron chi connectivity index (χ3n) is 3.61. The molecule has 1 aliphatic rings. The lowest BCUT2D eigenvalue weighted by Gasteiger charge is -2.18. The van der Waals surface area contributed by atoms with Crippen LogP contribution in [-0.2, 0) is 22.5 Å². The van der Waals surface area contributed by atoms with E-state index in [9.17, 15) is 4.79 Å². The van der Waals surface area contributed by atoms with Crippen LogP contribution in [0.5, 0.6) is 0 Å². The molecule has 0 spiro atoms. The maximum Gasteiger partial charge on any atom is 0.223 e. The largest absolute Gasteiger partial charge is 0.381 e. The zero-order valence-electron chi connectivity index (χ0n) is 11.8. The Morgan fingerprint density at radius 2 is 2.37 bits per heavy atom. The second kappa shape index (κ2) is 6.66. The standard InChI is InChI=1S/C15H22N2O2/c1-3-12-4-5-14(16-9-12)10-17(2)15(18)8-13-6-7-19-11-13/h4-5,9,13H,3,6-8,10-11H2,1-2H3. The van der Waals surface area contributed by atoms with Gasteiger partial charge in [-0.2, -0.15) is 0 Å². The van der Waals surface area contributed by atoms with Crippen molar-refractivity contribution in [2.45, 2.75) is 32.7 Å². The highest BCUT2D eigenvalue weighted by atomic mass is 16.5. The minimum absolute atomic E-state index is 0.178. The van der Waals surface area contributed by atoms with E-state index in [1.807, 2.05) is 19.3 Å². The molecule has 1 aromatic rings. The summed E-state index contributed by atoms with van der Waals surface area (Å²) in [6, 6.07) is 4.08. The van der Waals surface area contributed by atoms with Crippen LogP contribution in [0.1, 0.15) is 31.0 Å².